The summed E-state index contributed by atoms with van der Waals surface area (Å²) in [5, 5.41) is 0. The van der Waals surface area contributed by atoms with E-state index in [1.165, 1.54) is 16.8 Å². The van der Waals surface area contributed by atoms with Gasteiger partial charge in [0, 0.05) is 11.4 Å². The predicted molar refractivity (Wildman–Crippen MR) is 81.0 cm³/mol. The summed E-state index contributed by atoms with van der Waals surface area (Å²) < 4.78 is 2.14. The van der Waals surface area contributed by atoms with Gasteiger partial charge in [0.1, 0.15) is 0 Å². The summed E-state index contributed by atoms with van der Waals surface area (Å²) in [6.07, 6.45) is 0.951. The maximum Gasteiger partial charge on any atom is 0.267 e. The fourth-order valence-corrected chi connectivity index (χ4v) is 2.74. The molecular formula is C16H21N3O. The number of rotatable bonds is 3. The van der Waals surface area contributed by atoms with Crippen molar-refractivity contribution in [2.45, 2.75) is 34.1 Å². The average molecular weight is 271 g/mol. The molecule has 0 spiro atoms. The lowest BCUT2D eigenvalue weighted by Gasteiger charge is -2.17. The zero-order valence-corrected chi connectivity index (χ0v) is 12.4. The molecule has 2 aromatic rings. The van der Waals surface area contributed by atoms with Gasteiger partial charge in [-0.15, -0.1) is 0 Å². The Bertz CT molecular complexity index is 656. The number of amides is 1. The van der Waals surface area contributed by atoms with Gasteiger partial charge in [0.15, 0.2) is 0 Å². The molecule has 0 saturated carbocycles. The summed E-state index contributed by atoms with van der Waals surface area (Å²) in [7, 11) is 0. The third-order valence-electron chi connectivity index (χ3n) is 3.73. The number of aromatic nitrogens is 1. The number of carbonyl (C=O) groups excluding carboxylic acids is 1. The Morgan fingerprint density at radius 2 is 2.00 bits per heavy atom. The highest BCUT2D eigenvalue weighted by atomic mass is 16.2. The van der Waals surface area contributed by atoms with Gasteiger partial charge in [0.25, 0.3) is 5.91 Å². The van der Waals surface area contributed by atoms with Crippen LogP contribution in [-0.4, -0.2) is 10.5 Å². The van der Waals surface area contributed by atoms with Gasteiger partial charge < -0.3 is 4.57 Å². The minimum atomic E-state index is -0.254. The lowest BCUT2D eigenvalue weighted by atomic mass is 10.1. The van der Waals surface area contributed by atoms with Crippen molar-refractivity contribution in [3.05, 3.63) is 52.3 Å². The largest absolute Gasteiger partial charge is 0.317 e. The monoisotopic (exact) mass is 271 g/mol. The maximum absolute atomic E-state index is 11.8. The van der Waals surface area contributed by atoms with E-state index in [0.29, 0.717) is 5.56 Å². The van der Waals surface area contributed by atoms with Crippen molar-refractivity contribution >= 4 is 5.91 Å². The number of hydrogen-bond donors (Lipinski definition) is 2. The van der Waals surface area contributed by atoms with Crippen LogP contribution in [0.3, 0.4) is 0 Å². The molecule has 0 fully saturated rings. The molecule has 0 aliphatic heterocycles. The van der Waals surface area contributed by atoms with Gasteiger partial charge in [-0.05, 0) is 44.4 Å². The number of nitrogens with zero attached hydrogens (tertiary/aromatic N) is 1. The van der Waals surface area contributed by atoms with Crippen LogP contribution in [0.5, 0.6) is 0 Å². The smallest absolute Gasteiger partial charge is 0.267 e. The number of benzene rings is 1. The number of hydrogen-bond acceptors (Lipinski definition) is 2. The molecule has 4 heteroatoms. The minimum absolute atomic E-state index is 0.254. The van der Waals surface area contributed by atoms with E-state index in [4.69, 9.17) is 5.84 Å². The summed E-state index contributed by atoms with van der Waals surface area (Å²) in [4.78, 5) is 11.8. The molecule has 0 unspecified atom stereocenters. The Morgan fingerprint density at radius 3 is 2.60 bits per heavy atom. The Labute approximate surface area is 119 Å². The Kier molecular flexibility index (Phi) is 3.95. The molecule has 3 N–H and O–H groups in total. The first kappa shape index (κ1) is 14.3. The van der Waals surface area contributed by atoms with E-state index in [-0.39, 0.29) is 5.91 Å². The fraction of sp³-hybridized carbons (Fsp3) is 0.312. The van der Waals surface area contributed by atoms with Crippen LogP contribution in [-0.2, 0) is 6.42 Å². The molecule has 1 aromatic heterocycles. The van der Waals surface area contributed by atoms with Gasteiger partial charge in [-0.1, -0.05) is 25.1 Å². The molecule has 1 aromatic carbocycles. The first-order valence-corrected chi connectivity index (χ1v) is 6.80. The third kappa shape index (κ3) is 2.23. The van der Waals surface area contributed by atoms with Gasteiger partial charge in [0.05, 0.1) is 11.3 Å². The van der Waals surface area contributed by atoms with Crippen molar-refractivity contribution in [2.75, 3.05) is 0 Å². The van der Waals surface area contributed by atoms with E-state index < -0.39 is 0 Å². The fourth-order valence-electron chi connectivity index (χ4n) is 2.74. The molecular weight excluding hydrogens is 250 g/mol. The van der Waals surface area contributed by atoms with Crippen molar-refractivity contribution in [3.8, 4) is 5.69 Å². The second kappa shape index (κ2) is 5.51. The van der Waals surface area contributed by atoms with Gasteiger partial charge in [0.2, 0.25) is 0 Å². The first-order chi connectivity index (χ1) is 9.51. The third-order valence-corrected chi connectivity index (χ3v) is 3.73. The number of hydrazine groups is 1. The topological polar surface area (TPSA) is 60.0 Å². The highest BCUT2D eigenvalue weighted by Gasteiger charge is 2.18. The molecule has 4 nitrogen and oxygen atoms in total. The van der Waals surface area contributed by atoms with Gasteiger partial charge in [-0.3, -0.25) is 10.2 Å². The lowest BCUT2D eigenvalue weighted by Crippen LogP contribution is -2.30. The van der Waals surface area contributed by atoms with Crippen molar-refractivity contribution in [2.24, 2.45) is 5.84 Å². The summed E-state index contributed by atoms with van der Waals surface area (Å²) in [6, 6.07) is 8.17. The highest BCUT2D eigenvalue weighted by molar-refractivity contribution is 5.95. The molecule has 0 bridgehead atoms. The van der Waals surface area contributed by atoms with Gasteiger partial charge in [-0.25, -0.2) is 5.84 Å². The second-order valence-corrected chi connectivity index (χ2v) is 5.03. The number of nitrogens with one attached hydrogen (secondary N) is 1. The molecule has 0 aliphatic carbocycles. The summed E-state index contributed by atoms with van der Waals surface area (Å²) >= 11 is 0. The van der Waals surface area contributed by atoms with E-state index in [1.807, 2.05) is 19.9 Å². The molecule has 2 rings (SSSR count). The van der Waals surface area contributed by atoms with Crippen LogP contribution in [0.4, 0.5) is 0 Å². The van der Waals surface area contributed by atoms with Crippen LogP contribution >= 0.6 is 0 Å². The number of para-hydroxylation sites is 1. The van der Waals surface area contributed by atoms with E-state index in [0.717, 1.165) is 17.8 Å². The number of carbonyl (C=O) groups is 1. The normalized spacial score (nSPS) is 10.7. The van der Waals surface area contributed by atoms with Crippen LogP contribution in [0.2, 0.25) is 0 Å². The lowest BCUT2D eigenvalue weighted by molar-refractivity contribution is 0.0953. The molecule has 106 valence electrons. The molecule has 0 aliphatic rings. The van der Waals surface area contributed by atoms with Crippen LogP contribution in [0.1, 0.15) is 39.8 Å². The zero-order valence-electron chi connectivity index (χ0n) is 12.4. The average Bonchev–Trinajstić information content (AvgIpc) is 2.73. The minimum Gasteiger partial charge on any atom is -0.317 e. The van der Waals surface area contributed by atoms with Crippen molar-refractivity contribution in [1.82, 2.24) is 9.99 Å². The van der Waals surface area contributed by atoms with Crippen molar-refractivity contribution < 1.29 is 4.79 Å². The standard InChI is InChI=1S/C16H21N3O/c1-5-13-8-6-7-10(2)15(13)19-11(3)9-14(12(19)4)16(20)18-17/h6-9H,5,17H2,1-4H3,(H,18,20). The molecule has 1 amide bonds. The van der Waals surface area contributed by atoms with Crippen LogP contribution in [0.25, 0.3) is 5.69 Å². The van der Waals surface area contributed by atoms with Crippen LogP contribution < -0.4 is 11.3 Å². The maximum atomic E-state index is 11.8. The Hall–Kier alpha value is -2.07. The molecule has 1 heterocycles. The highest BCUT2D eigenvalue weighted by Crippen LogP contribution is 2.26. The molecule has 20 heavy (non-hydrogen) atoms. The van der Waals surface area contributed by atoms with Crippen molar-refractivity contribution in [1.29, 1.82) is 0 Å². The molecule has 0 saturated heterocycles. The van der Waals surface area contributed by atoms with Crippen LogP contribution in [0, 0.1) is 20.8 Å². The van der Waals surface area contributed by atoms with Crippen LogP contribution in [0.15, 0.2) is 24.3 Å². The summed E-state index contributed by atoms with van der Waals surface area (Å²) in [6.45, 7) is 8.19. The SMILES string of the molecule is CCc1cccc(C)c1-n1c(C)cc(C(=O)NN)c1C. The quantitative estimate of drug-likeness (QED) is 0.512. The molecule has 0 radical (unpaired) electrons. The van der Waals surface area contributed by atoms with Crippen molar-refractivity contribution in [3.63, 3.8) is 0 Å². The zero-order chi connectivity index (χ0) is 14.9. The summed E-state index contributed by atoms with van der Waals surface area (Å²) in [5.41, 5.74) is 8.41. The Morgan fingerprint density at radius 1 is 1.30 bits per heavy atom. The molecule has 0 atom stereocenters. The number of nitrogens with two attached hydrogens (primary N) is 1. The first-order valence-electron chi connectivity index (χ1n) is 6.80. The van der Waals surface area contributed by atoms with E-state index in [9.17, 15) is 4.79 Å². The van der Waals surface area contributed by atoms with Gasteiger partial charge >= 0.3 is 0 Å². The summed E-state index contributed by atoms with van der Waals surface area (Å²) in [5.74, 6) is 4.99. The van der Waals surface area contributed by atoms with E-state index >= 15 is 0 Å². The number of aryl methyl sites for hydroxylation is 3. The number of nitrogen functional groups attached to an aromatic ring is 1. The van der Waals surface area contributed by atoms with Gasteiger partial charge in [-0.2, -0.15) is 0 Å². The second-order valence-electron chi connectivity index (χ2n) is 5.03. The predicted octanol–water partition coefficient (Wildman–Crippen LogP) is 2.57. The Balaban J connectivity index is 2.71. The van der Waals surface area contributed by atoms with E-state index in [1.54, 1.807) is 0 Å². The van der Waals surface area contributed by atoms with E-state index in [2.05, 4.69) is 42.0 Å².